The molecule has 55 heavy (non-hydrogen) atoms. The van der Waals surface area contributed by atoms with E-state index < -0.39 is 23.6 Å². The zero-order valence-corrected chi connectivity index (χ0v) is 31.4. The number of hydrogen-bond acceptors (Lipinski definition) is 10. The zero-order valence-electron chi connectivity index (χ0n) is 30.6. The maximum Gasteiger partial charge on any atom is 0.410 e. The highest BCUT2D eigenvalue weighted by atomic mass is 32.1. The quantitative estimate of drug-likeness (QED) is 0.108. The summed E-state index contributed by atoms with van der Waals surface area (Å²) in [5.74, 6) is -0.510. The number of ether oxygens (including phenoxy) is 5. The van der Waals surface area contributed by atoms with Crippen molar-refractivity contribution in [2.75, 3.05) is 34.5 Å². The summed E-state index contributed by atoms with van der Waals surface area (Å²) in [4.78, 5) is 29.3. The Morgan fingerprint density at radius 1 is 0.891 bits per heavy atom. The van der Waals surface area contributed by atoms with E-state index in [2.05, 4.69) is 8.75 Å². The third kappa shape index (κ3) is 6.87. The monoisotopic (exact) mass is 763 g/mol. The highest BCUT2D eigenvalue weighted by molar-refractivity contribution is 7.00. The molecule has 1 aliphatic rings. The molecule has 11 nitrogen and oxygen atoms in total. The minimum Gasteiger partial charge on any atom is -0.493 e. The van der Waals surface area contributed by atoms with Crippen LogP contribution in [0.15, 0.2) is 96.6 Å². The van der Waals surface area contributed by atoms with Crippen LogP contribution >= 0.6 is 11.7 Å². The van der Waals surface area contributed by atoms with E-state index >= 15 is 4.39 Å². The summed E-state index contributed by atoms with van der Waals surface area (Å²) in [6.45, 7) is 2.04. The van der Waals surface area contributed by atoms with E-state index in [0.717, 1.165) is 33.0 Å². The first-order valence-corrected chi connectivity index (χ1v) is 18.3. The molecule has 0 saturated carbocycles. The van der Waals surface area contributed by atoms with Gasteiger partial charge in [0.15, 0.2) is 23.1 Å². The van der Waals surface area contributed by atoms with Gasteiger partial charge in [-0.15, -0.1) is 0 Å². The van der Waals surface area contributed by atoms with Gasteiger partial charge in [0, 0.05) is 24.1 Å². The first-order valence-electron chi connectivity index (χ1n) is 17.6. The molecule has 1 unspecified atom stereocenters. The van der Waals surface area contributed by atoms with Crippen LogP contribution in [0.25, 0.3) is 27.4 Å². The van der Waals surface area contributed by atoms with Crippen LogP contribution in [0.2, 0.25) is 0 Å². The molecule has 0 saturated heterocycles. The number of carbonyl (C=O) groups excluding carboxylic acids is 1. The first kappa shape index (κ1) is 37.1. The fourth-order valence-electron chi connectivity index (χ4n) is 7.20. The van der Waals surface area contributed by atoms with Gasteiger partial charge in [0.2, 0.25) is 11.5 Å². The molecule has 1 aliphatic heterocycles. The summed E-state index contributed by atoms with van der Waals surface area (Å²) in [5.41, 5.74) is 1.34. The van der Waals surface area contributed by atoms with Crippen molar-refractivity contribution in [2.45, 2.75) is 31.9 Å². The van der Waals surface area contributed by atoms with Crippen LogP contribution in [0.5, 0.6) is 23.0 Å². The van der Waals surface area contributed by atoms with Gasteiger partial charge in [-0.3, -0.25) is 4.90 Å². The van der Waals surface area contributed by atoms with Crippen molar-refractivity contribution in [3.8, 4) is 23.0 Å². The maximum atomic E-state index is 16.1. The van der Waals surface area contributed by atoms with Gasteiger partial charge in [-0.1, -0.05) is 55.5 Å². The molecule has 0 fully saturated rings. The topological polar surface area (TPSA) is 130 Å². The lowest BCUT2D eigenvalue weighted by molar-refractivity contribution is -0.161. The second kappa shape index (κ2) is 15.6. The van der Waals surface area contributed by atoms with Crippen LogP contribution in [-0.2, 0) is 28.1 Å². The van der Waals surface area contributed by atoms with Crippen molar-refractivity contribution < 1.29 is 42.8 Å². The zero-order chi connectivity index (χ0) is 38.7. The fraction of sp³-hybridized carbons (Fsp3) is 0.238. The number of esters is 1. The van der Waals surface area contributed by atoms with Crippen molar-refractivity contribution in [3.63, 3.8) is 0 Å². The summed E-state index contributed by atoms with van der Waals surface area (Å²) in [6.07, 6.45) is -0.550. The lowest BCUT2D eigenvalue weighted by atomic mass is 9.84. The highest BCUT2D eigenvalue weighted by Crippen LogP contribution is 2.50. The predicted octanol–water partition coefficient (Wildman–Crippen LogP) is 8.43. The van der Waals surface area contributed by atoms with Crippen molar-refractivity contribution in [3.05, 3.63) is 125 Å². The Kier molecular flexibility index (Phi) is 10.6. The van der Waals surface area contributed by atoms with Crippen molar-refractivity contribution in [1.82, 2.24) is 13.6 Å². The third-order valence-electron chi connectivity index (χ3n) is 9.68. The Morgan fingerprint density at radius 3 is 2.35 bits per heavy atom. The molecule has 1 N–H and O–H groups in total. The van der Waals surface area contributed by atoms with Crippen LogP contribution in [-0.4, -0.2) is 65.3 Å². The number of cyclic esters (lactones) is 1. The number of amides is 1. The Bertz CT molecular complexity index is 2420. The lowest BCUT2D eigenvalue weighted by Crippen LogP contribution is -2.52. The number of nitrogens with zero attached hydrogens (tertiary/aromatic N) is 3. The molecule has 0 bridgehead atoms. The normalized spacial score (nSPS) is 15.3. The van der Waals surface area contributed by atoms with Gasteiger partial charge in [-0.25, -0.2) is 14.0 Å². The summed E-state index contributed by atoms with van der Waals surface area (Å²) in [6, 6.07) is 26.4. The number of fused-ring (bicyclic) bond motifs is 2. The van der Waals surface area contributed by atoms with E-state index in [1.54, 1.807) is 36.4 Å². The summed E-state index contributed by atoms with van der Waals surface area (Å²) in [5, 5.41) is 13.1. The Morgan fingerprint density at radius 2 is 1.64 bits per heavy atom. The molecule has 1 aromatic heterocycles. The molecule has 1 amide bonds. The maximum absolute atomic E-state index is 16.1. The van der Waals surface area contributed by atoms with Crippen molar-refractivity contribution >= 4 is 51.2 Å². The average molecular weight is 764 g/mol. The molecule has 7 rings (SSSR count). The largest absolute Gasteiger partial charge is 0.493 e. The van der Waals surface area contributed by atoms with Crippen molar-refractivity contribution in [1.29, 1.82) is 0 Å². The van der Waals surface area contributed by atoms with E-state index in [9.17, 15) is 14.7 Å². The Balaban J connectivity index is 1.48. The first-order chi connectivity index (χ1) is 26.7. The van der Waals surface area contributed by atoms with E-state index in [0.29, 0.717) is 45.8 Å². The highest BCUT2D eigenvalue weighted by Gasteiger charge is 2.55. The lowest BCUT2D eigenvalue weighted by Gasteiger charge is -2.40. The molecule has 0 radical (unpaired) electrons. The smallest absolute Gasteiger partial charge is 0.410 e. The number of carbonyl (C=O) groups is 2. The molecular weight excluding hydrogens is 726 g/mol. The molecule has 5 aromatic carbocycles. The number of benzene rings is 5. The SMILES string of the molecule is CCCOc1ccc(C2(N(CCc3cccc4ccccc34)C(=O)O)OC(=O)C(c3ccc4nsnc4c3)=C2Cc2cc(OC)c(OC)c(OC)c2)cc1F. The fourth-order valence-corrected chi connectivity index (χ4v) is 7.71. The second-order valence-corrected chi connectivity index (χ2v) is 13.4. The summed E-state index contributed by atoms with van der Waals surface area (Å²) in [7, 11) is 4.46. The minimum absolute atomic E-state index is 0.0143. The number of rotatable bonds is 14. The molecule has 13 heteroatoms. The number of halogens is 1. The number of hydrogen-bond donors (Lipinski definition) is 1. The molecular formula is C42H38FN3O8S. The van der Waals surface area contributed by atoms with Gasteiger partial charge >= 0.3 is 12.1 Å². The van der Waals surface area contributed by atoms with Crippen LogP contribution in [0.4, 0.5) is 9.18 Å². The average Bonchev–Trinajstić information content (AvgIpc) is 3.78. The molecule has 0 spiro atoms. The van der Waals surface area contributed by atoms with Gasteiger partial charge < -0.3 is 28.8 Å². The molecule has 282 valence electrons. The molecule has 2 heterocycles. The summed E-state index contributed by atoms with van der Waals surface area (Å²) < 4.78 is 53.7. The number of methoxy groups -OCH3 is 3. The number of aromatic nitrogens is 2. The summed E-state index contributed by atoms with van der Waals surface area (Å²) >= 11 is 1.03. The van der Waals surface area contributed by atoms with Gasteiger partial charge in [0.1, 0.15) is 11.0 Å². The van der Waals surface area contributed by atoms with Gasteiger partial charge in [-0.05, 0) is 82.8 Å². The Labute approximate surface area is 320 Å². The number of carboxylic acid groups (broad SMARTS) is 1. The van der Waals surface area contributed by atoms with Gasteiger partial charge in [-0.2, -0.15) is 8.75 Å². The van der Waals surface area contributed by atoms with Gasteiger partial charge in [0.25, 0.3) is 0 Å². The predicted molar refractivity (Wildman–Crippen MR) is 206 cm³/mol. The van der Waals surface area contributed by atoms with E-state index in [-0.39, 0.29) is 48.5 Å². The van der Waals surface area contributed by atoms with Crippen LogP contribution in [0, 0.1) is 5.82 Å². The van der Waals surface area contributed by atoms with Crippen molar-refractivity contribution in [2.24, 2.45) is 0 Å². The molecule has 1 atom stereocenters. The van der Waals surface area contributed by atoms with E-state index in [1.165, 1.54) is 33.5 Å². The van der Waals surface area contributed by atoms with E-state index in [4.69, 9.17) is 23.7 Å². The standard InChI is InChI=1S/C42H38FN3O8S/c1-5-19-53-35-16-14-29(24-32(35)43)42(46(41(48)49)18-17-27-11-8-10-26-9-6-7-12-30(26)27)31(20-25-21-36(50-2)39(52-4)37(22-25)51-3)38(40(47)54-42)28-13-15-33-34(23-28)45-55-44-33/h6-16,21-24H,5,17-20H2,1-4H3,(H,48,49). The van der Waals surface area contributed by atoms with Crippen LogP contribution in [0.1, 0.15) is 35.6 Å². The minimum atomic E-state index is -2.15. The second-order valence-electron chi connectivity index (χ2n) is 12.9. The van der Waals surface area contributed by atoms with Crippen LogP contribution < -0.4 is 18.9 Å². The van der Waals surface area contributed by atoms with E-state index in [1.807, 2.05) is 49.4 Å². The molecule has 6 aromatic rings. The molecule has 0 aliphatic carbocycles. The van der Waals surface area contributed by atoms with Gasteiger partial charge in [0.05, 0.1) is 45.2 Å². The third-order valence-corrected chi connectivity index (χ3v) is 10.2. The van der Waals surface area contributed by atoms with Crippen LogP contribution in [0.3, 0.4) is 0 Å². The Hall–Kier alpha value is -6.21.